The number of aromatic nitrogens is 5. The first-order chi connectivity index (χ1) is 13.2. The van der Waals surface area contributed by atoms with Crippen molar-refractivity contribution < 1.29 is 4.79 Å². The summed E-state index contributed by atoms with van der Waals surface area (Å²) in [4.78, 5) is 21.4. The van der Waals surface area contributed by atoms with Gasteiger partial charge in [-0.3, -0.25) is 9.78 Å². The van der Waals surface area contributed by atoms with Crippen LogP contribution in [0.15, 0.2) is 55.1 Å². The summed E-state index contributed by atoms with van der Waals surface area (Å²) in [5.74, 6) is 1.53. The monoisotopic (exact) mass is 358 g/mol. The van der Waals surface area contributed by atoms with Crippen LogP contribution >= 0.6 is 0 Å². The Kier molecular flexibility index (Phi) is 3.53. The van der Waals surface area contributed by atoms with Crippen molar-refractivity contribution in [3.63, 3.8) is 0 Å². The highest BCUT2D eigenvalue weighted by Gasteiger charge is 2.32. The molecule has 1 aliphatic heterocycles. The van der Waals surface area contributed by atoms with Gasteiger partial charge in [-0.15, -0.1) is 0 Å². The molecule has 0 aromatic carbocycles. The number of amides is 1. The molecule has 1 aliphatic rings. The number of carbonyl (C=O) groups excluding carboxylic acids is 1. The van der Waals surface area contributed by atoms with Crippen LogP contribution in [0.5, 0.6) is 0 Å². The Bertz CT molecular complexity index is 1140. The number of aryl methyl sites for hydroxylation is 1. The molecule has 134 valence electrons. The van der Waals surface area contributed by atoms with Gasteiger partial charge in [-0.2, -0.15) is 5.10 Å². The van der Waals surface area contributed by atoms with Crippen molar-refractivity contribution in [1.82, 2.24) is 24.1 Å². The van der Waals surface area contributed by atoms with E-state index in [9.17, 15) is 4.79 Å². The molecule has 4 aromatic rings. The molecule has 4 aromatic heterocycles. The molecule has 5 heterocycles. The molecule has 1 atom stereocenters. The summed E-state index contributed by atoms with van der Waals surface area (Å²) in [5, 5.41) is 7.52. The smallest absolute Gasteiger partial charge is 0.226 e. The van der Waals surface area contributed by atoms with Gasteiger partial charge in [0.25, 0.3) is 0 Å². The number of imidazole rings is 1. The highest BCUT2D eigenvalue weighted by atomic mass is 16.1. The summed E-state index contributed by atoms with van der Waals surface area (Å²) in [6.45, 7) is 2.53. The van der Waals surface area contributed by atoms with Gasteiger partial charge >= 0.3 is 0 Å². The predicted octanol–water partition coefficient (Wildman–Crippen LogP) is 2.76. The van der Waals surface area contributed by atoms with Gasteiger partial charge in [0, 0.05) is 36.5 Å². The van der Waals surface area contributed by atoms with E-state index in [0.717, 1.165) is 34.0 Å². The molecular formula is C20H18N6O. The van der Waals surface area contributed by atoms with Gasteiger partial charge in [0.05, 0.1) is 24.0 Å². The first-order valence-corrected chi connectivity index (χ1v) is 8.89. The van der Waals surface area contributed by atoms with Crippen LogP contribution in [0, 0.1) is 6.92 Å². The molecule has 0 saturated heterocycles. The van der Waals surface area contributed by atoms with E-state index in [4.69, 9.17) is 4.98 Å². The molecule has 0 fully saturated rings. The van der Waals surface area contributed by atoms with Crippen molar-refractivity contribution in [2.75, 3.05) is 5.32 Å². The van der Waals surface area contributed by atoms with Crippen LogP contribution in [-0.2, 0) is 11.3 Å². The van der Waals surface area contributed by atoms with E-state index in [1.807, 2.05) is 60.5 Å². The molecule has 0 bridgehead atoms. The molecule has 1 N–H and O–H groups in total. The second-order valence-corrected chi connectivity index (χ2v) is 6.77. The first-order valence-electron chi connectivity index (χ1n) is 8.89. The summed E-state index contributed by atoms with van der Waals surface area (Å²) in [6.07, 6.45) is 7.76. The highest BCUT2D eigenvalue weighted by molar-refractivity contribution is 5.94. The predicted molar refractivity (Wildman–Crippen MR) is 101 cm³/mol. The lowest BCUT2D eigenvalue weighted by Gasteiger charge is -2.22. The van der Waals surface area contributed by atoms with Crippen LogP contribution in [0.25, 0.3) is 5.52 Å². The van der Waals surface area contributed by atoms with Crippen molar-refractivity contribution >= 4 is 17.2 Å². The highest BCUT2D eigenvalue weighted by Crippen LogP contribution is 2.38. The molecule has 0 spiro atoms. The van der Waals surface area contributed by atoms with E-state index in [1.165, 1.54) is 0 Å². The standard InChI is InChI=1S/C20H18N6O/c1-13-23-19(17-6-2-3-8-25(13)17)15-9-18(27)24-20-16(15)11-22-26(20)12-14-5-4-7-21-10-14/h2-8,10-11,15H,9,12H2,1H3,(H,24,27). The summed E-state index contributed by atoms with van der Waals surface area (Å²) in [5.41, 5.74) is 3.98. The van der Waals surface area contributed by atoms with E-state index in [2.05, 4.69) is 19.8 Å². The number of rotatable bonds is 3. The van der Waals surface area contributed by atoms with Crippen molar-refractivity contribution in [2.45, 2.75) is 25.8 Å². The zero-order valence-corrected chi connectivity index (χ0v) is 14.8. The number of hydrogen-bond acceptors (Lipinski definition) is 4. The molecule has 7 nitrogen and oxygen atoms in total. The minimum atomic E-state index is -0.109. The lowest BCUT2D eigenvalue weighted by molar-refractivity contribution is -0.116. The Hall–Kier alpha value is -3.48. The topological polar surface area (TPSA) is 77.1 Å². The number of hydrogen-bond donors (Lipinski definition) is 1. The van der Waals surface area contributed by atoms with Gasteiger partial charge in [-0.25, -0.2) is 9.67 Å². The van der Waals surface area contributed by atoms with Gasteiger partial charge in [-0.1, -0.05) is 12.1 Å². The van der Waals surface area contributed by atoms with Crippen LogP contribution in [0.1, 0.15) is 35.0 Å². The first kappa shape index (κ1) is 15.7. The maximum absolute atomic E-state index is 12.5. The fourth-order valence-corrected chi connectivity index (χ4v) is 3.77. The van der Waals surface area contributed by atoms with Crippen LogP contribution in [-0.4, -0.2) is 30.1 Å². The summed E-state index contributed by atoms with van der Waals surface area (Å²) < 4.78 is 3.88. The van der Waals surface area contributed by atoms with E-state index >= 15 is 0 Å². The maximum atomic E-state index is 12.5. The molecule has 7 heteroatoms. The molecule has 27 heavy (non-hydrogen) atoms. The Morgan fingerprint density at radius 2 is 2.15 bits per heavy atom. The second kappa shape index (κ2) is 6.05. The van der Waals surface area contributed by atoms with Gasteiger partial charge < -0.3 is 9.72 Å². The fraction of sp³-hybridized carbons (Fsp3) is 0.200. The molecule has 5 rings (SSSR count). The van der Waals surface area contributed by atoms with Crippen molar-refractivity contribution in [3.05, 3.63) is 77.8 Å². The number of carbonyl (C=O) groups is 1. The third-order valence-corrected chi connectivity index (χ3v) is 5.03. The van der Waals surface area contributed by atoms with Crippen LogP contribution in [0.2, 0.25) is 0 Å². The number of anilines is 1. The number of nitrogens with one attached hydrogen (secondary N) is 1. The van der Waals surface area contributed by atoms with Gasteiger partial charge in [0.15, 0.2) is 0 Å². The lowest BCUT2D eigenvalue weighted by Crippen LogP contribution is -2.25. The Morgan fingerprint density at radius 1 is 1.22 bits per heavy atom. The lowest BCUT2D eigenvalue weighted by atomic mass is 9.90. The Morgan fingerprint density at radius 3 is 3.00 bits per heavy atom. The maximum Gasteiger partial charge on any atom is 0.226 e. The van der Waals surface area contributed by atoms with Crippen molar-refractivity contribution in [2.24, 2.45) is 0 Å². The average molecular weight is 358 g/mol. The van der Waals surface area contributed by atoms with Crippen LogP contribution in [0.3, 0.4) is 0 Å². The van der Waals surface area contributed by atoms with E-state index in [-0.39, 0.29) is 11.8 Å². The summed E-state index contributed by atoms with van der Waals surface area (Å²) in [6, 6.07) is 9.91. The number of nitrogens with zero attached hydrogens (tertiary/aromatic N) is 5. The molecule has 0 radical (unpaired) electrons. The largest absolute Gasteiger partial charge is 0.311 e. The minimum Gasteiger partial charge on any atom is -0.311 e. The Labute approximate surface area is 155 Å². The van der Waals surface area contributed by atoms with Crippen molar-refractivity contribution in [3.8, 4) is 0 Å². The minimum absolute atomic E-state index is 0.0184. The number of fused-ring (bicyclic) bond motifs is 2. The summed E-state index contributed by atoms with van der Waals surface area (Å²) >= 11 is 0. The molecular weight excluding hydrogens is 340 g/mol. The van der Waals surface area contributed by atoms with Crippen LogP contribution < -0.4 is 5.32 Å². The van der Waals surface area contributed by atoms with E-state index in [0.29, 0.717) is 13.0 Å². The van der Waals surface area contributed by atoms with E-state index < -0.39 is 0 Å². The third-order valence-electron chi connectivity index (χ3n) is 5.03. The third kappa shape index (κ3) is 2.59. The van der Waals surface area contributed by atoms with Crippen LogP contribution in [0.4, 0.5) is 5.82 Å². The van der Waals surface area contributed by atoms with Gasteiger partial charge in [0.1, 0.15) is 11.6 Å². The van der Waals surface area contributed by atoms with E-state index in [1.54, 1.807) is 6.20 Å². The van der Waals surface area contributed by atoms with Gasteiger partial charge in [-0.05, 0) is 30.7 Å². The summed E-state index contributed by atoms with van der Waals surface area (Å²) in [7, 11) is 0. The van der Waals surface area contributed by atoms with Crippen molar-refractivity contribution in [1.29, 1.82) is 0 Å². The zero-order chi connectivity index (χ0) is 18.4. The molecule has 0 aliphatic carbocycles. The fourth-order valence-electron chi connectivity index (χ4n) is 3.77. The SMILES string of the molecule is Cc1nc(C2CC(=O)Nc3c2cnn3Cc2cccnc2)c2ccccn12. The second-order valence-electron chi connectivity index (χ2n) is 6.77. The normalized spacial score (nSPS) is 16.3. The zero-order valence-electron chi connectivity index (χ0n) is 14.8. The molecule has 0 saturated carbocycles. The molecule has 1 amide bonds. The quantitative estimate of drug-likeness (QED) is 0.611. The Balaban J connectivity index is 1.60. The molecule has 1 unspecified atom stereocenters. The number of pyridine rings is 2. The average Bonchev–Trinajstić information content (AvgIpc) is 3.24. The van der Waals surface area contributed by atoms with Gasteiger partial charge in [0.2, 0.25) is 5.91 Å².